The lowest BCUT2D eigenvalue weighted by molar-refractivity contribution is -0.136. The number of methoxy groups -OCH3 is 2. The summed E-state index contributed by atoms with van der Waals surface area (Å²) in [6.45, 7) is 3.34. The molecule has 2 aliphatic heterocycles. The fraction of sp³-hybridized carbons (Fsp3) is 0.333. The number of anilines is 1. The van der Waals surface area contributed by atoms with Crippen molar-refractivity contribution in [2.45, 2.75) is 6.04 Å². The third kappa shape index (κ3) is 5.09. The van der Waals surface area contributed by atoms with Gasteiger partial charge in [0.15, 0.2) is 0 Å². The summed E-state index contributed by atoms with van der Waals surface area (Å²) in [5.41, 5.74) is 2.59. The van der Waals surface area contributed by atoms with Crippen LogP contribution in [0.15, 0.2) is 59.8 Å². The molecule has 174 valence electrons. The molecule has 0 radical (unpaired) electrons. The topological polar surface area (TPSA) is 83.1 Å². The van der Waals surface area contributed by atoms with Gasteiger partial charge in [-0.05, 0) is 42.0 Å². The first-order valence-electron chi connectivity index (χ1n) is 10.7. The first kappa shape index (κ1) is 22.6. The summed E-state index contributed by atoms with van der Waals surface area (Å²) < 4.78 is 23.6. The molecule has 0 saturated carbocycles. The summed E-state index contributed by atoms with van der Waals surface area (Å²) >= 11 is 0. The van der Waals surface area contributed by atoms with Crippen LogP contribution in [-0.4, -0.2) is 63.8 Å². The fourth-order valence-electron chi connectivity index (χ4n) is 4.20. The summed E-state index contributed by atoms with van der Waals surface area (Å²) in [5, 5.41) is 5.63. The van der Waals surface area contributed by atoms with Crippen LogP contribution in [0.1, 0.15) is 11.6 Å². The van der Waals surface area contributed by atoms with Crippen LogP contribution >= 0.6 is 0 Å². The number of hydrogen-bond acceptors (Lipinski definition) is 6. The normalized spacial score (nSPS) is 19.1. The Hall–Kier alpha value is -3.59. The molecule has 33 heavy (non-hydrogen) atoms. The highest BCUT2D eigenvalue weighted by Gasteiger charge is 2.34. The summed E-state index contributed by atoms with van der Waals surface area (Å²) in [6, 6.07) is 12.7. The molecule has 9 heteroatoms. The van der Waals surface area contributed by atoms with Crippen molar-refractivity contribution in [3.05, 3.63) is 71.2 Å². The average Bonchev–Trinajstić information content (AvgIpc) is 2.84. The van der Waals surface area contributed by atoms with E-state index in [9.17, 15) is 14.0 Å². The molecule has 1 saturated heterocycles. The quantitative estimate of drug-likeness (QED) is 0.653. The van der Waals surface area contributed by atoms with Crippen molar-refractivity contribution in [2.75, 3.05) is 51.8 Å². The van der Waals surface area contributed by atoms with Gasteiger partial charge in [0, 0.05) is 44.1 Å². The largest absolute Gasteiger partial charge is 0.497 e. The summed E-state index contributed by atoms with van der Waals surface area (Å²) in [4.78, 5) is 29.6. The molecule has 2 aromatic carbocycles. The lowest BCUT2D eigenvalue weighted by Gasteiger charge is -2.38. The van der Waals surface area contributed by atoms with E-state index in [1.807, 2.05) is 12.1 Å². The van der Waals surface area contributed by atoms with Crippen molar-refractivity contribution in [3.8, 4) is 5.75 Å². The highest BCUT2D eigenvalue weighted by molar-refractivity contribution is 5.95. The number of carbonyl (C=O) groups excluding carboxylic acids is 2. The second-order valence-corrected chi connectivity index (χ2v) is 7.93. The van der Waals surface area contributed by atoms with Gasteiger partial charge in [-0.1, -0.05) is 12.1 Å². The average molecular weight is 455 g/mol. The third-order valence-corrected chi connectivity index (χ3v) is 5.93. The van der Waals surface area contributed by atoms with Gasteiger partial charge in [-0.3, -0.25) is 4.90 Å². The molecule has 2 N–H and O–H groups in total. The summed E-state index contributed by atoms with van der Waals surface area (Å²) in [7, 11) is 2.89. The Kier molecular flexibility index (Phi) is 6.79. The van der Waals surface area contributed by atoms with Crippen LogP contribution in [0, 0.1) is 5.82 Å². The standard InChI is InChI=1S/C24H27FN4O4/c1-32-19-5-3-4-16(14-19)22-21(23(30)33-2)20(26-24(31)27-22)15-28-10-12-29(13-11-28)18-8-6-17(25)7-9-18/h3-9,14,22H,10-13,15H2,1-2H3,(H2,26,27,31)/t22-/m0/s1. The lowest BCUT2D eigenvalue weighted by atomic mass is 9.94. The molecular formula is C24H27FN4O4. The number of nitrogens with zero attached hydrogens (tertiary/aromatic N) is 2. The highest BCUT2D eigenvalue weighted by Crippen LogP contribution is 2.30. The van der Waals surface area contributed by atoms with Gasteiger partial charge in [-0.15, -0.1) is 0 Å². The number of ether oxygens (including phenoxy) is 2. The van der Waals surface area contributed by atoms with Crippen molar-refractivity contribution in [3.63, 3.8) is 0 Å². The van der Waals surface area contributed by atoms with Gasteiger partial charge < -0.3 is 25.0 Å². The maximum Gasteiger partial charge on any atom is 0.338 e. The Bertz CT molecular complexity index is 1050. The van der Waals surface area contributed by atoms with Crippen LogP contribution < -0.4 is 20.3 Å². The predicted octanol–water partition coefficient (Wildman–Crippen LogP) is 2.44. The Balaban J connectivity index is 1.54. The molecule has 0 unspecified atom stereocenters. The van der Waals surface area contributed by atoms with Gasteiger partial charge in [0.2, 0.25) is 0 Å². The molecule has 0 bridgehead atoms. The number of halogens is 1. The van der Waals surface area contributed by atoms with E-state index in [0.29, 0.717) is 23.6 Å². The van der Waals surface area contributed by atoms with E-state index in [-0.39, 0.29) is 11.8 Å². The monoisotopic (exact) mass is 454 g/mol. The lowest BCUT2D eigenvalue weighted by Crippen LogP contribution is -2.51. The van der Waals surface area contributed by atoms with Crippen molar-refractivity contribution in [1.29, 1.82) is 0 Å². The van der Waals surface area contributed by atoms with Gasteiger partial charge in [0.1, 0.15) is 11.6 Å². The van der Waals surface area contributed by atoms with E-state index in [1.54, 1.807) is 31.4 Å². The van der Waals surface area contributed by atoms with E-state index in [4.69, 9.17) is 9.47 Å². The number of esters is 1. The van der Waals surface area contributed by atoms with E-state index in [1.165, 1.54) is 19.2 Å². The first-order valence-corrected chi connectivity index (χ1v) is 10.7. The van der Waals surface area contributed by atoms with Gasteiger partial charge >= 0.3 is 12.0 Å². The van der Waals surface area contributed by atoms with Crippen molar-refractivity contribution in [2.24, 2.45) is 0 Å². The Labute approximate surface area is 192 Å². The molecule has 2 aliphatic rings. The molecule has 2 heterocycles. The zero-order valence-corrected chi connectivity index (χ0v) is 18.6. The van der Waals surface area contributed by atoms with Crippen LogP contribution in [0.3, 0.4) is 0 Å². The molecule has 2 amide bonds. The molecular weight excluding hydrogens is 427 g/mol. The minimum atomic E-state index is -0.656. The number of urea groups is 1. The Morgan fingerprint density at radius 3 is 2.48 bits per heavy atom. The number of benzene rings is 2. The predicted molar refractivity (Wildman–Crippen MR) is 121 cm³/mol. The van der Waals surface area contributed by atoms with E-state index in [0.717, 1.165) is 37.4 Å². The highest BCUT2D eigenvalue weighted by atomic mass is 19.1. The fourth-order valence-corrected chi connectivity index (χ4v) is 4.20. The van der Waals surface area contributed by atoms with Crippen LogP contribution in [-0.2, 0) is 9.53 Å². The van der Waals surface area contributed by atoms with Gasteiger partial charge in [0.25, 0.3) is 0 Å². The molecule has 2 aromatic rings. The van der Waals surface area contributed by atoms with E-state index < -0.39 is 12.0 Å². The maximum atomic E-state index is 13.2. The molecule has 0 aromatic heterocycles. The van der Waals surface area contributed by atoms with Crippen LogP contribution in [0.25, 0.3) is 0 Å². The maximum absolute atomic E-state index is 13.2. The molecule has 0 aliphatic carbocycles. The number of piperazine rings is 1. The van der Waals surface area contributed by atoms with Crippen LogP contribution in [0.5, 0.6) is 5.75 Å². The van der Waals surface area contributed by atoms with Crippen molar-refractivity contribution < 1.29 is 23.5 Å². The molecule has 1 fully saturated rings. The number of hydrogen-bond donors (Lipinski definition) is 2. The smallest absolute Gasteiger partial charge is 0.338 e. The minimum absolute atomic E-state index is 0.257. The van der Waals surface area contributed by atoms with Crippen LogP contribution in [0.2, 0.25) is 0 Å². The number of amides is 2. The number of carbonyl (C=O) groups is 2. The first-order chi connectivity index (χ1) is 16.0. The third-order valence-electron chi connectivity index (χ3n) is 5.93. The van der Waals surface area contributed by atoms with E-state index in [2.05, 4.69) is 20.4 Å². The zero-order chi connectivity index (χ0) is 23.4. The van der Waals surface area contributed by atoms with Gasteiger partial charge in [0.05, 0.1) is 25.8 Å². The van der Waals surface area contributed by atoms with Gasteiger partial charge in [-0.25, -0.2) is 14.0 Å². The van der Waals surface area contributed by atoms with Crippen molar-refractivity contribution in [1.82, 2.24) is 15.5 Å². The number of nitrogens with one attached hydrogen (secondary N) is 2. The van der Waals surface area contributed by atoms with Crippen molar-refractivity contribution >= 4 is 17.7 Å². The number of rotatable bonds is 6. The zero-order valence-electron chi connectivity index (χ0n) is 18.6. The molecule has 8 nitrogen and oxygen atoms in total. The summed E-state index contributed by atoms with van der Waals surface area (Å²) in [5.74, 6) is -0.134. The Morgan fingerprint density at radius 1 is 1.09 bits per heavy atom. The minimum Gasteiger partial charge on any atom is -0.497 e. The van der Waals surface area contributed by atoms with E-state index >= 15 is 0 Å². The molecule has 1 atom stereocenters. The van der Waals surface area contributed by atoms with Crippen LogP contribution in [0.4, 0.5) is 14.9 Å². The summed E-state index contributed by atoms with van der Waals surface area (Å²) in [6.07, 6.45) is 0. The second-order valence-electron chi connectivity index (χ2n) is 7.93. The van der Waals surface area contributed by atoms with Gasteiger partial charge in [-0.2, -0.15) is 0 Å². The molecule has 0 spiro atoms. The molecule has 4 rings (SSSR count). The second kappa shape index (κ2) is 9.91. The Morgan fingerprint density at radius 2 is 1.82 bits per heavy atom. The SMILES string of the molecule is COC(=O)C1=C(CN2CCN(c3ccc(F)cc3)CC2)NC(=O)N[C@H]1c1cccc(OC)c1.